The highest BCUT2D eigenvalue weighted by atomic mass is 35.5. The first-order chi connectivity index (χ1) is 15.4. The van der Waals surface area contributed by atoms with Crippen LogP contribution in [0.2, 0.25) is 15.1 Å². The van der Waals surface area contributed by atoms with Crippen molar-refractivity contribution in [1.82, 2.24) is 4.90 Å². The number of rotatable bonds is 4. The average molecular weight is 485 g/mol. The molecule has 162 valence electrons. The molecule has 3 aromatic carbocycles. The Morgan fingerprint density at radius 3 is 2.44 bits per heavy atom. The van der Waals surface area contributed by atoms with Gasteiger partial charge in [0.05, 0.1) is 29.7 Å². The number of hydrogen-bond acceptors (Lipinski definition) is 2. The molecule has 1 aliphatic heterocycles. The molecule has 4 nitrogen and oxygen atoms in total. The van der Waals surface area contributed by atoms with E-state index >= 15 is 0 Å². The third-order valence-electron chi connectivity index (χ3n) is 5.60. The molecule has 1 aliphatic rings. The van der Waals surface area contributed by atoms with E-state index in [-0.39, 0.29) is 18.4 Å². The van der Waals surface area contributed by atoms with Crippen molar-refractivity contribution >= 4 is 52.1 Å². The number of carbonyl (C=O) groups is 1. The second kappa shape index (κ2) is 9.83. The van der Waals surface area contributed by atoms with Gasteiger partial charge in [-0.15, -0.1) is 0 Å². The standard InChI is InChI=1S/C25H20Cl3N3O/c1-29-21-4-2-3-17(13-21)14-25(32)30-11-12-31(23-10-9-20(27)15-22(23)28)24(16-30)18-5-7-19(26)8-6-18/h2-10,13,15,24H,11-12,14,16H2. The molecular formula is C25H20Cl3N3O. The molecule has 1 heterocycles. The molecule has 1 amide bonds. The molecule has 0 saturated carbocycles. The van der Waals surface area contributed by atoms with Gasteiger partial charge < -0.3 is 9.80 Å². The normalized spacial score (nSPS) is 16.0. The van der Waals surface area contributed by atoms with Gasteiger partial charge in [0.15, 0.2) is 5.69 Å². The lowest BCUT2D eigenvalue weighted by Gasteiger charge is -2.43. The van der Waals surface area contributed by atoms with Gasteiger partial charge in [0.25, 0.3) is 0 Å². The summed E-state index contributed by atoms with van der Waals surface area (Å²) >= 11 is 18.7. The minimum absolute atomic E-state index is 0.0351. The number of piperazine rings is 1. The van der Waals surface area contributed by atoms with E-state index in [1.54, 1.807) is 18.2 Å². The fourth-order valence-electron chi connectivity index (χ4n) is 4.00. The molecule has 0 bridgehead atoms. The van der Waals surface area contributed by atoms with Crippen LogP contribution in [0.4, 0.5) is 11.4 Å². The van der Waals surface area contributed by atoms with E-state index in [1.807, 2.05) is 53.4 Å². The van der Waals surface area contributed by atoms with Gasteiger partial charge in [-0.1, -0.05) is 71.2 Å². The average Bonchev–Trinajstić information content (AvgIpc) is 2.79. The number of nitrogens with zero attached hydrogens (tertiary/aromatic N) is 3. The van der Waals surface area contributed by atoms with E-state index in [4.69, 9.17) is 41.4 Å². The molecule has 1 atom stereocenters. The van der Waals surface area contributed by atoms with Crippen LogP contribution >= 0.6 is 34.8 Å². The maximum absolute atomic E-state index is 13.1. The molecule has 0 spiro atoms. The smallest absolute Gasteiger partial charge is 0.227 e. The van der Waals surface area contributed by atoms with E-state index in [1.165, 1.54) is 0 Å². The van der Waals surface area contributed by atoms with Crippen molar-refractivity contribution in [3.8, 4) is 0 Å². The third kappa shape index (κ3) is 5.02. The maximum atomic E-state index is 13.1. The van der Waals surface area contributed by atoms with Crippen LogP contribution in [0.25, 0.3) is 4.85 Å². The number of hydrogen-bond donors (Lipinski definition) is 0. The lowest BCUT2D eigenvalue weighted by Crippen LogP contribution is -2.51. The SMILES string of the molecule is [C-]#[N+]c1cccc(CC(=O)N2CCN(c3ccc(Cl)cc3Cl)C(c3ccc(Cl)cc3)C2)c1. The van der Waals surface area contributed by atoms with Crippen LogP contribution < -0.4 is 4.90 Å². The molecule has 1 saturated heterocycles. The number of amides is 1. The quantitative estimate of drug-likeness (QED) is 0.380. The number of carbonyl (C=O) groups excluding carboxylic acids is 1. The summed E-state index contributed by atoms with van der Waals surface area (Å²) in [4.78, 5) is 20.7. The zero-order valence-corrected chi connectivity index (χ0v) is 19.4. The molecule has 1 fully saturated rings. The van der Waals surface area contributed by atoms with Gasteiger partial charge in [-0.2, -0.15) is 0 Å². The maximum Gasteiger partial charge on any atom is 0.227 e. The minimum atomic E-state index is -0.0850. The zero-order chi connectivity index (χ0) is 22.7. The van der Waals surface area contributed by atoms with Crippen molar-refractivity contribution in [3.05, 3.63) is 104 Å². The van der Waals surface area contributed by atoms with Crippen LogP contribution in [0, 0.1) is 6.57 Å². The van der Waals surface area contributed by atoms with Gasteiger partial charge in [-0.25, -0.2) is 4.85 Å². The minimum Gasteiger partial charge on any atom is -0.360 e. The number of anilines is 1. The first-order valence-electron chi connectivity index (χ1n) is 10.2. The van der Waals surface area contributed by atoms with Crippen LogP contribution in [0.1, 0.15) is 17.2 Å². The first kappa shape index (κ1) is 22.5. The third-order valence-corrected chi connectivity index (χ3v) is 6.39. The zero-order valence-electron chi connectivity index (χ0n) is 17.1. The Morgan fingerprint density at radius 1 is 0.969 bits per heavy atom. The molecular weight excluding hydrogens is 465 g/mol. The van der Waals surface area contributed by atoms with E-state index in [9.17, 15) is 4.79 Å². The molecule has 3 aromatic rings. The van der Waals surface area contributed by atoms with Crippen molar-refractivity contribution in [3.63, 3.8) is 0 Å². The Balaban J connectivity index is 1.60. The van der Waals surface area contributed by atoms with Crippen molar-refractivity contribution < 1.29 is 4.79 Å². The van der Waals surface area contributed by atoms with Crippen LogP contribution in [0.3, 0.4) is 0 Å². The second-order valence-corrected chi connectivity index (χ2v) is 8.93. The van der Waals surface area contributed by atoms with E-state index < -0.39 is 0 Å². The van der Waals surface area contributed by atoms with E-state index in [0.717, 1.165) is 16.8 Å². The molecule has 0 radical (unpaired) electrons. The topological polar surface area (TPSA) is 27.9 Å². The fourth-order valence-corrected chi connectivity index (χ4v) is 4.65. The molecule has 32 heavy (non-hydrogen) atoms. The van der Waals surface area contributed by atoms with Gasteiger partial charge in [-0.3, -0.25) is 4.79 Å². The van der Waals surface area contributed by atoms with E-state index in [2.05, 4.69) is 9.74 Å². The highest BCUT2D eigenvalue weighted by Gasteiger charge is 2.31. The van der Waals surface area contributed by atoms with Gasteiger partial charge in [0.2, 0.25) is 5.91 Å². The van der Waals surface area contributed by atoms with Crippen LogP contribution in [-0.2, 0) is 11.2 Å². The lowest BCUT2D eigenvalue weighted by molar-refractivity contribution is -0.131. The van der Waals surface area contributed by atoms with Crippen molar-refractivity contribution in [2.24, 2.45) is 0 Å². The molecule has 4 rings (SSSR count). The Labute approximate surface area is 202 Å². The van der Waals surface area contributed by atoms with Crippen LogP contribution in [0.5, 0.6) is 0 Å². The van der Waals surface area contributed by atoms with Crippen LogP contribution in [-0.4, -0.2) is 30.4 Å². The van der Waals surface area contributed by atoms with Gasteiger partial charge >= 0.3 is 0 Å². The summed E-state index contributed by atoms with van der Waals surface area (Å²) in [6.45, 7) is 8.90. The summed E-state index contributed by atoms with van der Waals surface area (Å²) in [5, 5.41) is 1.82. The Bertz CT molecular complexity index is 1170. The van der Waals surface area contributed by atoms with Gasteiger partial charge in [0, 0.05) is 29.7 Å². The lowest BCUT2D eigenvalue weighted by atomic mass is 10.0. The molecule has 0 aliphatic carbocycles. The van der Waals surface area contributed by atoms with Gasteiger partial charge in [0.1, 0.15) is 0 Å². The predicted molar refractivity (Wildman–Crippen MR) is 131 cm³/mol. The molecule has 0 aromatic heterocycles. The first-order valence-corrected chi connectivity index (χ1v) is 11.3. The van der Waals surface area contributed by atoms with Crippen molar-refractivity contribution in [2.75, 3.05) is 24.5 Å². The Kier molecular flexibility index (Phi) is 6.91. The second-order valence-electron chi connectivity index (χ2n) is 7.65. The summed E-state index contributed by atoms with van der Waals surface area (Å²) in [5.41, 5.74) is 3.31. The monoisotopic (exact) mass is 483 g/mol. The molecule has 1 unspecified atom stereocenters. The molecule has 7 heteroatoms. The fraction of sp³-hybridized carbons (Fsp3) is 0.200. The Hall–Kier alpha value is -2.71. The number of halogens is 3. The van der Waals surface area contributed by atoms with Crippen molar-refractivity contribution in [2.45, 2.75) is 12.5 Å². The predicted octanol–water partition coefficient (Wildman–Crippen LogP) is 6.83. The largest absolute Gasteiger partial charge is 0.360 e. The summed E-state index contributed by atoms with van der Waals surface area (Å²) in [7, 11) is 0. The highest BCUT2D eigenvalue weighted by molar-refractivity contribution is 6.36. The van der Waals surface area contributed by atoms with E-state index in [0.29, 0.717) is 40.4 Å². The number of benzene rings is 3. The summed E-state index contributed by atoms with van der Waals surface area (Å²) in [5.74, 6) is 0.0351. The summed E-state index contributed by atoms with van der Waals surface area (Å²) in [6.07, 6.45) is 0.262. The summed E-state index contributed by atoms with van der Waals surface area (Å²) in [6, 6.07) is 20.3. The summed E-state index contributed by atoms with van der Waals surface area (Å²) < 4.78 is 0. The highest BCUT2D eigenvalue weighted by Crippen LogP contribution is 2.37. The van der Waals surface area contributed by atoms with Crippen molar-refractivity contribution in [1.29, 1.82) is 0 Å². The Morgan fingerprint density at radius 2 is 1.72 bits per heavy atom. The van der Waals surface area contributed by atoms with Gasteiger partial charge in [-0.05, 0) is 41.5 Å². The molecule has 0 N–H and O–H groups in total. The van der Waals surface area contributed by atoms with Crippen LogP contribution in [0.15, 0.2) is 66.7 Å².